The Morgan fingerprint density at radius 2 is 1.78 bits per heavy atom. The van der Waals surface area contributed by atoms with E-state index in [1.54, 1.807) is 12.1 Å². The molecule has 2 N–H and O–H groups in total. The lowest BCUT2D eigenvalue weighted by molar-refractivity contribution is -0.130. The molecule has 1 saturated heterocycles. The van der Waals surface area contributed by atoms with Crippen LogP contribution in [0.15, 0.2) is 42.5 Å². The van der Waals surface area contributed by atoms with Crippen LogP contribution in [0.3, 0.4) is 0 Å². The van der Waals surface area contributed by atoms with Crippen molar-refractivity contribution in [1.82, 2.24) is 5.32 Å². The van der Waals surface area contributed by atoms with Crippen LogP contribution in [-0.2, 0) is 26.3 Å². The highest BCUT2D eigenvalue weighted by Crippen LogP contribution is 2.40. The number of hydrogen-bond donors (Lipinski definition) is 2. The molecule has 0 aromatic heterocycles. The molecule has 32 heavy (non-hydrogen) atoms. The van der Waals surface area contributed by atoms with Crippen molar-refractivity contribution in [2.45, 2.75) is 50.5 Å². The second-order valence-corrected chi connectivity index (χ2v) is 9.52. The summed E-state index contributed by atoms with van der Waals surface area (Å²) in [4.78, 5) is 25.9. The lowest BCUT2D eigenvalue weighted by Gasteiger charge is -2.37. The number of halogens is 2. The number of ether oxygens (including phenoxy) is 1. The molecule has 170 valence electrons. The van der Waals surface area contributed by atoms with E-state index in [-0.39, 0.29) is 17.7 Å². The Kier molecular flexibility index (Phi) is 7.39. The summed E-state index contributed by atoms with van der Waals surface area (Å²) in [5.41, 5.74) is 1.71. The average Bonchev–Trinajstić information content (AvgIpc) is 3.33. The van der Waals surface area contributed by atoms with Gasteiger partial charge in [-0.3, -0.25) is 9.59 Å². The molecule has 1 heterocycles. The highest BCUT2D eigenvalue weighted by molar-refractivity contribution is 6.35. The molecule has 2 fully saturated rings. The molecule has 1 aliphatic heterocycles. The van der Waals surface area contributed by atoms with E-state index >= 15 is 0 Å². The predicted molar refractivity (Wildman–Crippen MR) is 127 cm³/mol. The fraction of sp³-hybridized carbons (Fsp3) is 0.440. The number of amides is 2. The van der Waals surface area contributed by atoms with Crippen molar-refractivity contribution in [3.05, 3.63) is 63.6 Å². The maximum absolute atomic E-state index is 13.4. The SMILES string of the molecule is O=C(Nc1cccc(CNC(=O)C2(c3ccc(Cl)cc3Cl)CCOCC2)c1)C1CCCC1. The van der Waals surface area contributed by atoms with Crippen molar-refractivity contribution in [1.29, 1.82) is 0 Å². The standard InChI is InChI=1S/C25H28Cl2N2O3/c26-19-8-9-21(22(27)15-19)25(10-12-32-13-11-25)24(31)28-16-17-4-3-7-20(14-17)29-23(30)18-5-1-2-6-18/h3-4,7-9,14-15,18H,1-2,5-6,10-13,16H2,(H,28,31)(H,29,30). The minimum atomic E-state index is -0.756. The number of anilines is 1. The smallest absolute Gasteiger partial charge is 0.231 e. The average molecular weight is 475 g/mol. The van der Waals surface area contributed by atoms with Crippen LogP contribution < -0.4 is 10.6 Å². The van der Waals surface area contributed by atoms with Gasteiger partial charge in [0.1, 0.15) is 0 Å². The molecule has 2 aromatic rings. The fourth-order valence-electron chi connectivity index (χ4n) is 4.76. The van der Waals surface area contributed by atoms with Crippen molar-refractivity contribution < 1.29 is 14.3 Å². The molecule has 1 aliphatic carbocycles. The quantitative estimate of drug-likeness (QED) is 0.581. The molecule has 5 nitrogen and oxygen atoms in total. The summed E-state index contributed by atoms with van der Waals surface area (Å²) in [7, 11) is 0. The summed E-state index contributed by atoms with van der Waals surface area (Å²) < 4.78 is 5.53. The van der Waals surface area contributed by atoms with Gasteiger partial charge in [-0.1, -0.05) is 54.2 Å². The fourth-order valence-corrected chi connectivity index (χ4v) is 5.35. The summed E-state index contributed by atoms with van der Waals surface area (Å²) in [5.74, 6) is 0.114. The summed E-state index contributed by atoms with van der Waals surface area (Å²) in [5, 5.41) is 7.14. The highest BCUT2D eigenvalue weighted by Gasteiger charge is 2.43. The summed E-state index contributed by atoms with van der Waals surface area (Å²) in [6.07, 6.45) is 5.26. The van der Waals surface area contributed by atoms with Gasteiger partial charge in [0, 0.05) is 41.4 Å². The van der Waals surface area contributed by atoms with Gasteiger partial charge in [-0.15, -0.1) is 0 Å². The van der Waals surface area contributed by atoms with Crippen LogP contribution >= 0.6 is 23.2 Å². The Hall–Kier alpha value is -2.08. The number of nitrogens with one attached hydrogen (secondary N) is 2. The van der Waals surface area contributed by atoms with Gasteiger partial charge in [-0.2, -0.15) is 0 Å². The second-order valence-electron chi connectivity index (χ2n) is 8.67. The highest BCUT2D eigenvalue weighted by atomic mass is 35.5. The first-order valence-corrected chi connectivity index (χ1v) is 11.9. The molecule has 2 aromatic carbocycles. The third-order valence-electron chi connectivity index (χ3n) is 6.60. The van der Waals surface area contributed by atoms with E-state index in [4.69, 9.17) is 27.9 Å². The Balaban J connectivity index is 1.46. The van der Waals surface area contributed by atoms with Gasteiger partial charge in [0.25, 0.3) is 0 Å². The van der Waals surface area contributed by atoms with Gasteiger partial charge < -0.3 is 15.4 Å². The molecule has 7 heteroatoms. The lowest BCUT2D eigenvalue weighted by Crippen LogP contribution is -2.48. The second kappa shape index (κ2) is 10.2. The van der Waals surface area contributed by atoms with E-state index in [2.05, 4.69) is 10.6 Å². The van der Waals surface area contributed by atoms with Crippen molar-refractivity contribution in [3.8, 4) is 0 Å². The van der Waals surface area contributed by atoms with Crippen molar-refractivity contribution >= 4 is 40.7 Å². The molecule has 0 spiro atoms. The van der Waals surface area contributed by atoms with Gasteiger partial charge in [0.2, 0.25) is 11.8 Å². The van der Waals surface area contributed by atoms with Crippen LogP contribution in [0.2, 0.25) is 10.0 Å². The van der Waals surface area contributed by atoms with Crippen LogP contribution in [0.25, 0.3) is 0 Å². The molecule has 0 atom stereocenters. The van der Waals surface area contributed by atoms with Gasteiger partial charge >= 0.3 is 0 Å². The predicted octanol–water partition coefficient (Wildman–Crippen LogP) is 5.49. The minimum absolute atomic E-state index is 0.0783. The maximum atomic E-state index is 13.4. The van der Waals surface area contributed by atoms with E-state index in [0.717, 1.165) is 42.5 Å². The third kappa shape index (κ3) is 5.11. The van der Waals surface area contributed by atoms with Crippen molar-refractivity contribution in [2.24, 2.45) is 5.92 Å². The number of benzene rings is 2. The lowest BCUT2D eigenvalue weighted by atomic mass is 9.73. The summed E-state index contributed by atoms with van der Waals surface area (Å²) in [6, 6.07) is 12.9. The molecular weight excluding hydrogens is 447 g/mol. The van der Waals surface area contributed by atoms with Crippen LogP contribution in [0.1, 0.15) is 49.7 Å². The molecule has 1 saturated carbocycles. The Morgan fingerprint density at radius 3 is 2.50 bits per heavy atom. The molecular formula is C25H28Cl2N2O3. The zero-order valence-electron chi connectivity index (χ0n) is 18.0. The molecule has 2 aliphatic rings. The summed E-state index contributed by atoms with van der Waals surface area (Å²) in [6.45, 7) is 1.35. The number of rotatable bonds is 6. The Morgan fingerprint density at radius 1 is 1.03 bits per heavy atom. The molecule has 0 bridgehead atoms. The zero-order chi connectivity index (χ0) is 22.6. The summed E-state index contributed by atoms with van der Waals surface area (Å²) >= 11 is 12.6. The maximum Gasteiger partial charge on any atom is 0.231 e. The van der Waals surface area contributed by atoms with Gasteiger partial charge in [-0.25, -0.2) is 0 Å². The first-order chi connectivity index (χ1) is 15.5. The van der Waals surface area contributed by atoms with Crippen molar-refractivity contribution in [2.75, 3.05) is 18.5 Å². The van der Waals surface area contributed by atoms with Crippen LogP contribution in [0.4, 0.5) is 5.69 Å². The van der Waals surface area contributed by atoms with Crippen LogP contribution in [-0.4, -0.2) is 25.0 Å². The zero-order valence-corrected chi connectivity index (χ0v) is 19.5. The monoisotopic (exact) mass is 474 g/mol. The van der Waals surface area contributed by atoms with Gasteiger partial charge in [0.15, 0.2) is 0 Å². The number of hydrogen-bond acceptors (Lipinski definition) is 3. The Bertz CT molecular complexity index is 983. The molecule has 0 radical (unpaired) electrons. The Labute approximate surface area is 198 Å². The molecule has 2 amide bonds. The first kappa shape index (κ1) is 23.1. The third-order valence-corrected chi connectivity index (χ3v) is 7.15. The van der Waals surface area contributed by atoms with E-state index in [9.17, 15) is 9.59 Å². The number of carbonyl (C=O) groups is 2. The van der Waals surface area contributed by atoms with Crippen LogP contribution in [0, 0.1) is 5.92 Å². The molecule has 0 unspecified atom stereocenters. The van der Waals surface area contributed by atoms with E-state index < -0.39 is 5.41 Å². The van der Waals surface area contributed by atoms with Crippen LogP contribution in [0.5, 0.6) is 0 Å². The van der Waals surface area contributed by atoms with E-state index in [1.165, 1.54) is 0 Å². The largest absolute Gasteiger partial charge is 0.381 e. The van der Waals surface area contributed by atoms with Crippen molar-refractivity contribution in [3.63, 3.8) is 0 Å². The number of carbonyl (C=O) groups excluding carboxylic acids is 2. The van der Waals surface area contributed by atoms with E-state index in [0.29, 0.717) is 42.6 Å². The van der Waals surface area contributed by atoms with Gasteiger partial charge in [0.05, 0.1) is 5.41 Å². The van der Waals surface area contributed by atoms with Gasteiger partial charge in [-0.05, 0) is 61.1 Å². The first-order valence-electron chi connectivity index (χ1n) is 11.2. The minimum Gasteiger partial charge on any atom is -0.381 e. The van der Waals surface area contributed by atoms with E-state index in [1.807, 2.05) is 30.3 Å². The molecule has 4 rings (SSSR count). The normalized spacial score (nSPS) is 18.3. The topological polar surface area (TPSA) is 67.4 Å².